The van der Waals surface area contributed by atoms with Crippen molar-refractivity contribution >= 4 is 27.3 Å². The van der Waals surface area contributed by atoms with Crippen LogP contribution in [0.3, 0.4) is 0 Å². The molecule has 88 valence electrons. The molecule has 0 aliphatic rings. The maximum Gasteiger partial charge on any atom is 0.247 e. The number of hydrogen-bond donors (Lipinski definition) is 2. The Kier molecular flexibility index (Phi) is 4.22. The molecule has 1 aromatic heterocycles. The van der Waals surface area contributed by atoms with Crippen LogP contribution in [0, 0.1) is 0 Å². The van der Waals surface area contributed by atoms with Crippen LogP contribution >= 0.6 is 11.3 Å². The summed E-state index contributed by atoms with van der Waals surface area (Å²) in [7, 11) is -3.64. The van der Waals surface area contributed by atoms with Gasteiger partial charge in [-0.1, -0.05) is 6.08 Å². The van der Waals surface area contributed by atoms with E-state index < -0.39 is 10.0 Å². The van der Waals surface area contributed by atoms with E-state index >= 15 is 0 Å². The zero-order chi connectivity index (χ0) is 12.2. The zero-order valence-corrected chi connectivity index (χ0v) is 10.3. The number of nitrogens with two attached hydrogens (primary N) is 1. The second-order valence-electron chi connectivity index (χ2n) is 2.98. The Morgan fingerprint density at radius 2 is 2.25 bits per heavy atom. The minimum absolute atomic E-state index is 0.0998. The molecule has 0 fully saturated rings. The predicted molar refractivity (Wildman–Crippen MR) is 62.4 cm³/mol. The molecule has 5 nitrogen and oxygen atoms in total. The van der Waals surface area contributed by atoms with Crippen molar-refractivity contribution in [2.24, 2.45) is 5.14 Å². The number of rotatable bonds is 4. The van der Waals surface area contributed by atoms with Crippen LogP contribution in [0.25, 0.3) is 0 Å². The molecular weight excluding hydrogens is 248 g/mol. The van der Waals surface area contributed by atoms with E-state index in [2.05, 4.69) is 5.32 Å². The van der Waals surface area contributed by atoms with Crippen LogP contribution in [0.5, 0.6) is 0 Å². The quantitative estimate of drug-likeness (QED) is 0.776. The highest BCUT2D eigenvalue weighted by Crippen LogP contribution is 2.19. The first kappa shape index (κ1) is 12.9. The van der Waals surface area contributed by atoms with Gasteiger partial charge in [-0.15, -0.1) is 11.3 Å². The Labute approximate surface area is 98.0 Å². The summed E-state index contributed by atoms with van der Waals surface area (Å²) in [6.07, 6.45) is 3.02. The van der Waals surface area contributed by atoms with Gasteiger partial charge < -0.3 is 5.32 Å². The standard InChI is InChI=1S/C9H12N2O3S2/c1-2-3-8(12)11-6-7-4-5-9(15-7)16(10,13)14/h2-5H,6H2,1H3,(H,11,12)(H2,10,13,14). The van der Waals surface area contributed by atoms with Crippen LogP contribution < -0.4 is 10.5 Å². The summed E-state index contributed by atoms with van der Waals surface area (Å²) in [5, 5.41) is 7.57. The van der Waals surface area contributed by atoms with Crippen molar-refractivity contribution in [1.82, 2.24) is 5.32 Å². The number of thiophene rings is 1. The molecule has 0 radical (unpaired) electrons. The Morgan fingerprint density at radius 3 is 2.75 bits per heavy atom. The van der Waals surface area contributed by atoms with Crippen LogP contribution in [-0.4, -0.2) is 14.3 Å². The first-order chi connectivity index (χ1) is 7.43. The molecule has 0 unspecified atom stereocenters. The first-order valence-corrected chi connectivity index (χ1v) is 6.82. The molecule has 0 aliphatic carbocycles. The third-order valence-corrected chi connectivity index (χ3v) is 4.20. The highest BCUT2D eigenvalue weighted by Gasteiger charge is 2.10. The predicted octanol–water partition coefficient (Wildman–Crippen LogP) is 0.588. The molecule has 1 rings (SSSR count). The largest absolute Gasteiger partial charge is 0.348 e. The molecule has 1 aromatic rings. The molecule has 0 aliphatic heterocycles. The lowest BCUT2D eigenvalue weighted by atomic mass is 10.4. The Balaban J connectivity index is 2.63. The van der Waals surface area contributed by atoms with Gasteiger partial charge in [-0.05, 0) is 25.1 Å². The minimum atomic E-state index is -3.64. The zero-order valence-electron chi connectivity index (χ0n) is 8.64. The lowest BCUT2D eigenvalue weighted by Gasteiger charge is -1.98. The summed E-state index contributed by atoms with van der Waals surface area (Å²) in [4.78, 5) is 11.8. The summed E-state index contributed by atoms with van der Waals surface area (Å²) in [5.74, 6) is -0.215. The van der Waals surface area contributed by atoms with E-state index in [0.717, 1.165) is 16.2 Å². The SMILES string of the molecule is CC=CC(=O)NCc1ccc(S(N)(=O)=O)s1. The van der Waals surface area contributed by atoms with Crippen molar-refractivity contribution in [3.63, 3.8) is 0 Å². The van der Waals surface area contributed by atoms with Crippen LogP contribution in [0.2, 0.25) is 0 Å². The van der Waals surface area contributed by atoms with Crippen LogP contribution in [0.1, 0.15) is 11.8 Å². The van der Waals surface area contributed by atoms with Crippen molar-refractivity contribution in [2.45, 2.75) is 17.7 Å². The van der Waals surface area contributed by atoms with Crippen molar-refractivity contribution in [1.29, 1.82) is 0 Å². The average Bonchev–Trinajstić information content (AvgIpc) is 2.63. The molecule has 1 amide bonds. The van der Waals surface area contributed by atoms with Gasteiger partial charge in [-0.3, -0.25) is 4.79 Å². The van der Waals surface area contributed by atoms with Gasteiger partial charge in [0.25, 0.3) is 0 Å². The highest BCUT2D eigenvalue weighted by atomic mass is 32.2. The van der Waals surface area contributed by atoms with Gasteiger partial charge in [-0.25, -0.2) is 13.6 Å². The number of nitrogens with one attached hydrogen (secondary N) is 1. The van der Waals surface area contributed by atoms with Crippen LogP contribution in [0.15, 0.2) is 28.5 Å². The average molecular weight is 260 g/mol. The summed E-state index contributed by atoms with van der Waals surface area (Å²) < 4.78 is 22.1. The second-order valence-corrected chi connectivity index (χ2v) is 5.94. The van der Waals surface area contributed by atoms with Crippen LogP contribution in [-0.2, 0) is 21.4 Å². The minimum Gasteiger partial charge on any atom is -0.348 e. The lowest BCUT2D eigenvalue weighted by Crippen LogP contribution is -2.19. The molecule has 0 atom stereocenters. The molecule has 0 bridgehead atoms. The maximum atomic E-state index is 11.1. The Hall–Kier alpha value is -1.18. The highest BCUT2D eigenvalue weighted by molar-refractivity contribution is 7.91. The molecule has 3 N–H and O–H groups in total. The summed E-state index contributed by atoms with van der Waals surface area (Å²) >= 11 is 1.05. The first-order valence-electron chi connectivity index (χ1n) is 4.45. The van der Waals surface area contributed by atoms with Crippen molar-refractivity contribution in [3.8, 4) is 0 Å². The van der Waals surface area contributed by atoms with E-state index in [1.54, 1.807) is 19.1 Å². The monoisotopic (exact) mass is 260 g/mol. The number of allylic oxidation sites excluding steroid dienone is 1. The third kappa shape index (κ3) is 3.76. The fourth-order valence-electron chi connectivity index (χ4n) is 0.991. The molecule has 7 heteroatoms. The third-order valence-electron chi connectivity index (χ3n) is 1.67. The van der Waals surface area contributed by atoms with Gasteiger partial charge in [0.05, 0.1) is 6.54 Å². The molecule has 1 heterocycles. The number of carbonyl (C=O) groups is 1. The molecule has 0 saturated carbocycles. The van der Waals surface area contributed by atoms with Gasteiger partial charge in [0.2, 0.25) is 15.9 Å². The molecule has 0 spiro atoms. The molecular formula is C9H12N2O3S2. The number of primary sulfonamides is 1. The maximum absolute atomic E-state index is 11.1. The molecule has 16 heavy (non-hydrogen) atoms. The number of hydrogen-bond acceptors (Lipinski definition) is 4. The summed E-state index contributed by atoms with van der Waals surface area (Å²) in [6, 6.07) is 3.05. The molecule has 0 saturated heterocycles. The van der Waals surface area contributed by atoms with Crippen molar-refractivity contribution in [3.05, 3.63) is 29.2 Å². The second kappa shape index (κ2) is 5.24. The normalized spacial score (nSPS) is 11.9. The van der Waals surface area contributed by atoms with E-state index in [9.17, 15) is 13.2 Å². The number of amides is 1. The van der Waals surface area contributed by atoms with E-state index in [0.29, 0.717) is 6.54 Å². The van der Waals surface area contributed by atoms with Gasteiger partial charge >= 0.3 is 0 Å². The van der Waals surface area contributed by atoms with Gasteiger partial charge in [0.1, 0.15) is 4.21 Å². The van der Waals surface area contributed by atoms with E-state index in [1.165, 1.54) is 12.1 Å². The Morgan fingerprint density at radius 1 is 1.56 bits per heavy atom. The number of sulfonamides is 1. The van der Waals surface area contributed by atoms with Crippen molar-refractivity contribution in [2.75, 3.05) is 0 Å². The van der Waals surface area contributed by atoms with Gasteiger partial charge in [0, 0.05) is 4.88 Å². The van der Waals surface area contributed by atoms with Crippen molar-refractivity contribution < 1.29 is 13.2 Å². The fraction of sp³-hybridized carbons (Fsp3) is 0.222. The lowest BCUT2D eigenvalue weighted by molar-refractivity contribution is -0.116. The van der Waals surface area contributed by atoms with E-state index in [1.807, 2.05) is 0 Å². The van der Waals surface area contributed by atoms with Gasteiger partial charge in [-0.2, -0.15) is 0 Å². The number of carbonyl (C=O) groups excluding carboxylic acids is 1. The molecule has 0 aromatic carbocycles. The summed E-state index contributed by atoms with van der Waals surface area (Å²) in [5.41, 5.74) is 0. The summed E-state index contributed by atoms with van der Waals surface area (Å²) in [6.45, 7) is 2.03. The van der Waals surface area contributed by atoms with E-state index in [4.69, 9.17) is 5.14 Å². The van der Waals surface area contributed by atoms with Gasteiger partial charge in [0.15, 0.2) is 0 Å². The smallest absolute Gasteiger partial charge is 0.247 e. The van der Waals surface area contributed by atoms with E-state index in [-0.39, 0.29) is 10.1 Å². The Bertz CT molecular complexity index is 503. The van der Waals surface area contributed by atoms with Crippen LogP contribution in [0.4, 0.5) is 0 Å². The fourth-order valence-corrected chi connectivity index (χ4v) is 2.71. The topological polar surface area (TPSA) is 89.3 Å².